The van der Waals surface area contributed by atoms with Crippen molar-refractivity contribution in [3.05, 3.63) is 35.6 Å². The standard InChI is InChI=1S/C11H13F4NO/c12-9-3-1-2-8(6-9)10(7-16)17-5-4-11(13,14)15/h1-3,6,10H,4-5,7,16H2. The Morgan fingerprint density at radius 2 is 2.00 bits per heavy atom. The molecule has 96 valence electrons. The van der Waals surface area contributed by atoms with E-state index >= 15 is 0 Å². The third kappa shape index (κ3) is 5.14. The van der Waals surface area contributed by atoms with Crippen LogP contribution in [0, 0.1) is 5.82 Å². The van der Waals surface area contributed by atoms with Crippen LogP contribution in [0.15, 0.2) is 24.3 Å². The van der Waals surface area contributed by atoms with Gasteiger partial charge in [-0.1, -0.05) is 12.1 Å². The molecular formula is C11H13F4NO. The van der Waals surface area contributed by atoms with E-state index in [1.54, 1.807) is 6.07 Å². The van der Waals surface area contributed by atoms with E-state index in [4.69, 9.17) is 10.5 Å². The van der Waals surface area contributed by atoms with E-state index in [2.05, 4.69) is 0 Å². The maximum absolute atomic E-state index is 12.9. The van der Waals surface area contributed by atoms with Gasteiger partial charge in [0.15, 0.2) is 0 Å². The van der Waals surface area contributed by atoms with Gasteiger partial charge in [0.2, 0.25) is 0 Å². The fourth-order valence-corrected chi connectivity index (χ4v) is 1.32. The molecule has 17 heavy (non-hydrogen) atoms. The van der Waals surface area contributed by atoms with Crippen LogP contribution in [-0.4, -0.2) is 19.3 Å². The lowest BCUT2D eigenvalue weighted by Crippen LogP contribution is -2.19. The minimum atomic E-state index is -4.26. The van der Waals surface area contributed by atoms with Gasteiger partial charge in [-0.05, 0) is 17.7 Å². The largest absolute Gasteiger partial charge is 0.391 e. The summed E-state index contributed by atoms with van der Waals surface area (Å²) >= 11 is 0. The number of halogens is 4. The van der Waals surface area contributed by atoms with Gasteiger partial charge in [-0.25, -0.2) is 4.39 Å². The zero-order chi connectivity index (χ0) is 12.9. The fourth-order valence-electron chi connectivity index (χ4n) is 1.32. The summed E-state index contributed by atoms with van der Waals surface area (Å²) in [7, 11) is 0. The van der Waals surface area contributed by atoms with E-state index < -0.39 is 31.1 Å². The van der Waals surface area contributed by atoms with Crippen LogP contribution < -0.4 is 5.73 Å². The molecule has 0 aliphatic carbocycles. The Morgan fingerprint density at radius 1 is 1.29 bits per heavy atom. The van der Waals surface area contributed by atoms with Gasteiger partial charge < -0.3 is 10.5 Å². The molecule has 0 amide bonds. The van der Waals surface area contributed by atoms with Crippen LogP contribution in [0.25, 0.3) is 0 Å². The van der Waals surface area contributed by atoms with Crippen LogP contribution in [0.2, 0.25) is 0 Å². The second-order valence-corrected chi connectivity index (χ2v) is 3.52. The molecule has 1 aromatic rings. The van der Waals surface area contributed by atoms with Crippen molar-refractivity contribution in [1.29, 1.82) is 0 Å². The Kier molecular flexibility index (Phi) is 4.89. The normalized spacial score (nSPS) is 13.7. The molecule has 0 aromatic heterocycles. The number of nitrogens with two attached hydrogens (primary N) is 1. The number of hydrogen-bond acceptors (Lipinski definition) is 2. The molecule has 0 fully saturated rings. The van der Waals surface area contributed by atoms with Crippen LogP contribution in [0.1, 0.15) is 18.1 Å². The summed E-state index contributed by atoms with van der Waals surface area (Å²) in [5.41, 5.74) is 5.82. The first-order valence-electron chi connectivity index (χ1n) is 5.06. The minimum Gasteiger partial charge on any atom is -0.372 e. The summed E-state index contributed by atoms with van der Waals surface area (Å²) in [6.07, 6.45) is -6.02. The van der Waals surface area contributed by atoms with Gasteiger partial charge in [0.05, 0.1) is 19.1 Å². The van der Waals surface area contributed by atoms with Crippen molar-refractivity contribution in [2.75, 3.05) is 13.2 Å². The van der Waals surface area contributed by atoms with Gasteiger partial charge in [-0.2, -0.15) is 13.2 Å². The number of hydrogen-bond donors (Lipinski definition) is 1. The van der Waals surface area contributed by atoms with Gasteiger partial charge in [0, 0.05) is 6.54 Å². The maximum Gasteiger partial charge on any atom is 0.391 e. The van der Waals surface area contributed by atoms with Crippen molar-refractivity contribution in [1.82, 2.24) is 0 Å². The van der Waals surface area contributed by atoms with Crippen LogP contribution in [0.5, 0.6) is 0 Å². The zero-order valence-corrected chi connectivity index (χ0v) is 9.01. The second-order valence-electron chi connectivity index (χ2n) is 3.52. The molecule has 1 aromatic carbocycles. The van der Waals surface area contributed by atoms with Crippen LogP contribution in [-0.2, 0) is 4.74 Å². The third-order valence-electron chi connectivity index (χ3n) is 2.14. The zero-order valence-electron chi connectivity index (χ0n) is 9.01. The average Bonchev–Trinajstić information content (AvgIpc) is 2.23. The highest BCUT2D eigenvalue weighted by Gasteiger charge is 2.27. The summed E-state index contributed by atoms with van der Waals surface area (Å²) in [5, 5.41) is 0. The van der Waals surface area contributed by atoms with Crippen molar-refractivity contribution in [3.63, 3.8) is 0 Å². The molecule has 1 rings (SSSR count). The first-order chi connectivity index (χ1) is 7.92. The average molecular weight is 251 g/mol. The monoisotopic (exact) mass is 251 g/mol. The van der Waals surface area contributed by atoms with Crippen molar-refractivity contribution in [2.24, 2.45) is 5.73 Å². The highest BCUT2D eigenvalue weighted by Crippen LogP contribution is 2.22. The molecule has 0 heterocycles. The molecule has 6 heteroatoms. The Labute approximate surface area is 96.4 Å². The van der Waals surface area contributed by atoms with E-state index in [0.29, 0.717) is 5.56 Å². The van der Waals surface area contributed by atoms with Crippen LogP contribution in [0.3, 0.4) is 0 Å². The summed E-state index contributed by atoms with van der Waals surface area (Å²) in [5.74, 6) is -0.472. The van der Waals surface area contributed by atoms with E-state index in [0.717, 1.165) is 0 Å². The molecule has 2 nitrogen and oxygen atoms in total. The van der Waals surface area contributed by atoms with Crippen LogP contribution >= 0.6 is 0 Å². The Bertz CT molecular complexity index is 354. The van der Waals surface area contributed by atoms with Gasteiger partial charge in [0.25, 0.3) is 0 Å². The summed E-state index contributed by atoms with van der Waals surface area (Å²) < 4.78 is 53.6. The second kappa shape index (κ2) is 5.97. The quantitative estimate of drug-likeness (QED) is 0.817. The van der Waals surface area contributed by atoms with Gasteiger partial charge in [-0.15, -0.1) is 0 Å². The van der Waals surface area contributed by atoms with Crippen LogP contribution in [0.4, 0.5) is 17.6 Å². The molecule has 2 N–H and O–H groups in total. The van der Waals surface area contributed by atoms with E-state index in [9.17, 15) is 17.6 Å². The van der Waals surface area contributed by atoms with Crippen molar-refractivity contribution < 1.29 is 22.3 Å². The summed E-state index contributed by atoms with van der Waals surface area (Å²) in [4.78, 5) is 0. The first kappa shape index (κ1) is 13.9. The molecule has 0 saturated heterocycles. The first-order valence-corrected chi connectivity index (χ1v) is 5.06. The smallest absolute Gasteiger partial charge is 0.372 e. The molecule has 1 unspecified atom stereocenters. The maximum atomic E-state index is 12.9. The lowest BCUT2D eigenvalue weighted by Gasteiger charge is -2.17. The molecular weight excluding hydrogens is 238 g/mol. The fraction of sp³-hybridized carbons (Fsp3) is 0.455. The Morgan fingerprint density at radius 3 is 2.53 bits per heavy atom. The topological polar surface area (TPSA) is 35.2 Å². The van der Waals surface area contributed by atoms with E-state index in [1.165, 1.54) is 18.2 Å². The van der Waals surface area contributed by atoms with E-state index in [-0.39, 0.29) is 6.54 Å². The lowest BCUT2D eigenvalue weighted by atomic mass is 10.1. The molecule has 1 atom stereocenters. The Hall–Kier alpha value is -1.14. The molecule has 0 aliphatic rings. The number of ether oxygens (including phenoxy) is 1. The van der Waals surface area contributed by atoms with Gasteiger partial charge >= 0.3 is 6.18 Å². The molecule has 0 radical (unpaired) electrons. The summed E-state index contributed by atoms with van der Waals surface area (Å²) in [6, 6.07) is 5.46. The minimum absolute atomic E-state index is 0.00130. The Balaban J connectivity index is 2.54. The third-order valence-corrected chi connectivity index (χ3v) is 2.14. The molecule has 0 bridgehead atoms. The molecule has 0 saturated carbocycles. The predicted octanol–water partition coefficient (Wildman–Crippen LogP) is 2.79. The van der Waals surface area contributed by atoms with E-state index in [1.807, 2.05) is 0 Å². The molecule has 0 spiro atoms. The van der Waals surface area contributed by atoms with Gasteiger partial charge in [-0.3, -0.25) is 0 Å². The SMILES string of the molecule is NCC(OCCC(F)(F)F)c1cccc(F)c1. The number of benzene rings is 1. The molecule has 0 aliphatic heterocycles. The highest BCUT2D eigenvalue weighted by molar-refractivity contribution is 5.19. The summed E-state index contributed by atoms with van der Waals surface area (Å²) in [6.45, 7) is -0.483. The predicted molar refractivity (Wildman–Crippen MR) is 54.8 cm³/mol. The van der Waals surface area contributed by atoms with Crippen molar-refractivity contribution >= 4 is 0 Å². The lowest BCUT2D eigenvalue weighted by molar-refractivity contribution is -0.149. The van der Waals surface area contributed by atoms with Gasteiger partial charge in [0.1, 0.15) is 5.82 Å². The number of alkyl halides is 3. The highest BCUT2D eigenvalue weighted by atomic mass is 19.4. The van der Waals surface area contributed by atoms with Crippen molar-refractivity contribution in [2.45, 2.75) is 18.7 Å². The number of rotatable bonds is 5. The van der Waals surface area contributed by atoms with Crippen molar-refractivity contribution in [3.8, 4) is 0 Å².